The summed E-state index contributed by atoms with van der Waals surface area (Å²) in [5, 5.41) is 0. The lowest BCUT2D eigenvalue weighted by Crippen LogP contribution is -2.45. The monoisotopic (exact) mass is 211 g/mol. The van der Waals surface area contributed by atoms with Crippen molar-refractivity contribution in [1.29, 1.82) is 0 Å². The van der Waals surface area contributed by atoms with Gasteiger partial charge in [0.05, 0.1) is 25.5 Å². The molecule has 2 unspecified atom stereocenters. The number of ether oxygens (including phenoxy) is 1. The third-order valence-corrected chi connectivity index (χ3v) is 3.13. The first-order valence-electron chi connectivity index (χ1n) is 5.03. The number of hydrogen-bond acceptors (Lipinski definition) is 4. The number of rotatable bonds is 1. The zero-order valence-corrected chi connectivity index (χ0v) is 8.56. The first kappa shape index (κ1) is 10.1. The molecule has 1 amide bonds. The zero-order valence-electron chi connectivity index (χ0n) is 8.56. The molecule has 15 heavy (non-hydrogen) atoms. The maximum Gasteiger partial charge on any atom is 0.310 e. The van der Waals surface area contributed by atoms with Crippen LogP contribution in [0.4, 0.5) is 0 Å². The van der Waals surface area contributed by atoms with Crippen molar-refractivity contribution in [3.05, 3.63) is 0 Å². The molecule has 2 heterocycles. The number of hydrogen-bond donors (Lipinski definition) is 0. The van der Waals surface area contributed by atoms with Crippen molar-refractivity contribution in [2.24, 2.45) is 5.92 Å². The molecule has 0 aromatic heterocycles. The molecule has 2 atom stereocenters. The summed E-state index contributed by atoms with van der Waals surface area (Å²) in [6.45, 7) is 0.335. The Morgan fingerprint density at radius 1 is 1.40 bits per heavy atom. The van der Waals surface area contributed by atoms with Gasteiger partial charge in [-0.25, -0.2) is 0 Å². The summed E-state index contributed by atoms with van der Waals surface area (Å²) in [7, 11) is 1.34. The van der Waals surface area contributed by atoms with Crippen LogP contribution >= 0.6 is 0 Å². The van der Waals surface area contributed by atoms with Crippen LogP contribution in [-0.4, -0.2) is 42.3 Å². The Balaban J connectivity index is 2.08. The molecule has 0 N–H and O–H groups in total. The van der Waals surface area contributed by atoms with Crippen molar-refractivity contribution in [3.63, 3.8) is 0 Å². The van der Waals surface area contributed by atoms with E-state index in [1.54, 1.807) is 0 Å². The first-order valence-corrected chi connectivity index (χ1v) is 5.03. The van der Waals surface area contributed by atoms with E-state index in [1.807, 2.05) is 0 Å². The van der Waals surface area contributed by atoms with E-state index in [0.29, 0.717) is 19.4 Å². The Hall–Kier alpha value is -1.39. The highest BCUT2D eigenvalue weighted by Gasteiger charge is 2.43. The number of Topliss-reactive ketones (excluding diaryl/α,β-unsaturated/α-hetero) is 1. The van der Waals surface area contributed by atoms with Gasteiger partial charge in [0.25, 0.3) is 0 Å². The third-order valence-electron chi connectivity index (χ3n) is 3.13. The van der Waals surface area contributed by atoms with E-state index in [4.69, 9.17) is 0 Å². The Morgan fingerprint density at radius 3 is 2.80 bits per heavy atom. The van der Waals surface area contributed by atoms with Gasteiger partial charge in [-0.15, -0.1) is 0 Å². The second kappa shape index (κ2) is 3.64. The minimum Gasteiger partial charge on any atom is -0.469 e. The average Bonchev–Trinajstić information content (AvgIpc) is 2.53. The second-order valence-corrected chi connectivity index (χ2v) is 4.00. The smallest absolute Gasteiger partial charge is 0.310 e. The van der Waals surface area contributed by atoms with Gasteiger partial charge in [0.15, 0.2) is 5.78 Å². The Bertz CT molecular complexity index is 325. The van der Waals surface area contributed by atoms with E-state index < -0.39 is 0 Å². The first-order chi connectivity index (χ1) is 7.13. The normalized spacial score (nSPS) is 30.3. The number of nitrogens with zero attached hydrogens (tertiary/aromatic N) is 1. The quantitative estimate of drug-likeness (QED) is 0.443. The minimum absolute atomic E-state index is 0.00143. The molecule has 0 aromatic carbocycles. The number of carbonyl (C=O) groups excluding carboxylic acids is 3. The third kappa shape index (κ3) is 1.62. The van der Waals surface area contributed by atoms with Crippen LogP contribution < -0.4 is 0 Å². The lowest BCUT2D eigenvalue weighted by molar-refractivity contribution is -0.149. The van der Waals surface area contributed by atoms with Gasteiger partial charge in [-0.2, -0.15) is 0 Å². The summed E-state index contributed by atoms with van der Waals surface area (Å²) in [4.78, 5) is 35.6. The van der Waals surface area contributed by atoms with Crippen LogP contribution in [-0.2, 0) is 19.1 Å². The van der Waals surface area contributed by atoms with Crippen molar-refractivity contribution in [1.82, 2.24) is 4.90 Å². The van der Waals surface area contributed by atoms with Crippen molar-refractivity contribution >= 4 is 17.7 Å². The molecule has 2 aliphatic rings. The predicted octanol–water partition coefficient (Wildman–Crippen LogP) is -0.261. The summed E-state index contributed by atoms with van der Waals surface area (Å²) in [5.74, 6) is -0.719. The van der Waals surface area contributed by atoms with Crippen LogP contribution in [0.15, 0.2) is 0 Å². The topological polar surface area (TPSA) is 63.7 Å². The molecular weight excluding hydrogens is 198 g/mol. The Labute approximate surface area is 87.4 Å². The van der Waals surface area contributed by atoms with Crippen molar-refractivity contribution in [2.45, 2.75) is 25.3 Å². The lowest BCUT2D eigenvalue weighted by atomic mass is 9.93. The summed E-state index contributed by atoms with van der Waals surface area (Å²) in [6, 6.07) is -0.279. The summed E-state index contributed by atoms with van der Waals surface area (Å²) >= 11 is 0. The van der Waals surface area contributed by atoms with Gasteiger partial charge in [-0.05, 0) is 12.8 Å². The molecule has 82 valence electrons. The molecule has 2 fully saturated rings. The number of fused-ring (bicyclic) bond motifs is 1. The number of carbonyl (C=O) groups is 3. The van der Waals surface area contributed by atoms with Crippen molar-refractivity contribution < 1.29 is 19.1 Å². The standard InChI is InChI=1S/C10H13NO4/c1-15-10(14)6-2-3-7-8(12)4-9(13)11(7)5-6/h6-7H,2-5H2,1H3. The largest absolute Gasteiger partial charge is 0.469 e. The van der Waals surface area contributed by atoms with Gasteiger partial charge in [0.2, 0.25) is 5.91 Å². The summed E-state index contributed by atoms with van der Waals surface area (Å²) in [5.41, 5.74) is 0. The molecule has 0 radical (unpaired) electrons. The Morgan fingerprint density at radius 2 is 2.13 bits per heavy atom. The fourth-order valence-corrected chi connectivity index (χ4v) is 2.31. The molecule has 2 aliphatic heterocycles. The van der Waals surface area contributed by atoms with Gasteiger partial charge >= 0.3 is 5.97 Å². The summed E-state index contributed by atoms with van der Waals surface area (Å²) < 4.78 is 4.64. The van der Waals surface area contributed by atoms with Gasteiger partial charge < -0.3 is 9.64 Å². The highest BCUT2D eigenvalue weighted by Crippen LogP contribution is 2.28. The molecule has 0 aromatic rings. The Kier molecular flexibility index (Phi) is 2.46. The van der Waals surface area contributed by atoms with Crippen LogP contribution in [0.2, 0.25) is 0 Å². The van der Waals surface area contributed by atoms with E-state index in [-0.39, 0.29) is 36.0 Å². The van der Waals surface area contributed by atoms with Crippen LogP contribution in [0.25, 0.3) is 0 Å². The molecular formula is C10H13NO4. The van der Waals surface area contributed by atoms with E-state index in [2.05, 4.69) is 4.74 Å². The highest BCUT2D eigenvalue weighted by molar-refractivity contribution is 6.07. The van der Waals surface area contributed by atoms with Crippen LogP contribution in [0.3, 0.4) is 0 Å². The summed E-state index contributed by atoms with van der Waals surface area (Å²) in [6.07, 6.45) is 1.22. The van der Waals surface area contributed by atoms with E-state index >= 15 is 0 Å². The van der Waals surface area contributed by atoms with Gasteiger partial charge in [-0.1, -0.05) is 0 Å². The maximum absolute atomic E-state index is 11.4. The highest BCUT2D eigenvalue weighted by atomic mass is 16.5. The number of piperidine rings is 1. The number of methoxy groups -OCH3 is 1. The molecule has 2 rings (SSSR count). The van der Waals surface area contributed by atoms with Crippen LogP contribution in [0.5, 0.6) is 0 Å². The maximum atomic E-state index is 11.4. The molecule has 0 bridgehead atoms. The van der Waals surface area contributed by atoms with Gasteiger partial charge in [0.1, 0.15) is 0 Å². The van der Waals surface area contributed by atoms with E-state index in [0.717, 1.165) is 0 Å². The van der Waals surface area contributed by atoms with Crippen molar-refractivity contribution in [3.8, 4) is 0 Å². The SMILES string of the molecule is COC(=O)C1CCC2C(=O)CC(=O)N2C1. The fraction of sp³-hybridized carbons (Fsp3) is 0.700. The lowest BCUT2D eigenvalue weighted by Gasteiger charge is -2.32. The minimum atomic E-state index is -0.291. The zero-order chi connectivity index (χ0) is 11.0. The molecule has 0 saturated carbocycles. The average molecular weight is 211 g/mol. The van der Waals surface area contributed by atoms with Gasteiger partial charge in [0, 0.05) is 6.54 Å². The number of amides is 1. The van der Waals surface area contributed by atoms with Crippen molar-refractivity contribution in [2.75, 3.05) is 13.7 Å². The molecule has 5 heteroatoms. The molecule has 0 spiro atoms. The van der Waals surface area contributed by atoms with Gasteiger partial charge in [-0.3, -0.25) is 14.4 Å². The van der Waals surface area contributed by atoms with Crippen LogP contribution in [0.1, 0.15) is 19.3 Å². The number of ketones is 1. The predicted molar refractivity (Wildman–Crippen MR) is 49.9 cm³/mol. The fourth-order valence-electron chi connectivity index (χ4n) is 2.31. The molecule has 5 nitrogen and oxygen atoms in total. The number of esters is 1. The van der Waals surface area contributed by atoms with Crippen LogP contribution in [0, 0.1) is 5.92 Å². The molecule has 2 saturated heterocycles. The van der Waals surface area contributed by atoms with E-state index in [9.17, 15) is 14.4 Å². The molecule has 0 aliphatic carbocycles. The van der Waals surface area contributed by atoms with E-state index in [1.165, 1.54) is 12.0 Å². The second-order valence-electron chi connectivity index (χ2n) is 4.00.